The number of benzene rings is 1. The Morgan fingerprint density at radius 2 is 2.29 bits per heavy atom. The zero-order valence-electron chi connectivity index (χ0n) is 11.9. The molecule has 2 rings (SSSR count). The second-order valence-corrected chi connectivity index (χ2v) is 6.95. The van der Waals surface area contributed by atoms with Crippen LogP contribution in [0.3, 0.4) is 0 Å². The van der Waals surface area contributed by atoms with Gasteiger partial charge in [-0.15, -0.1) is 0 Å². The van der Waals surface area contributed by atoms with Crippen molar-refractivity contribution in [1.82, 2.24) is 4.31 Å². The van der Waals surface area contributed by atoms with Gasteiger partial charge in [-0.2, -0.15) is 4.31 Å². The number of hydrogen-bond acceptors (Lipinski definition) is 4. The molecule has 1 aromatic carbocycles. The predicted octanol–water partition coefficient (Wildman–Crippen LogP) is 0.830. The van der Waals surface area contributed by atoms with Gasteiger partial charge in [0.25, 0.3) is 0 Å². The fraction of sp³-hybridized carbons (Fsp3) is 0.467. The Morgan fingerprint density at radius 3 is 2.95 bits per heavy atom. The van der Waals surface area contributed by atoms with Crippen LogP contribution in [0.25, 0.3) is 0 Å². The van der Waals surface area contributed by atoms with Crippen LogP contribution in [0.15, 0.2) is 29.2 Å². The van der Waals surface area contributed by atoms with Crippen molar-refractivity contribution < 1.29 is 18.3 Å². The molecule has 0 aromatic heterocycles. The maximum Gasteiger partial charge on any atom is 0.242 e. The molecule has 1 heterocycles. The molecule has 114 valence electrons. The van der Waals surface area contributed by atoms with E-state index in [2.05, 4.69) is 11.8 Å². The van der Waals surface area contributed by atoms with Gasteiger partial charge in [0.15, 0.2) is 0 Å². The molecule has 0 radical (unpaired) electrons. The molecule has 0 aliphatic carbocycles. The Labute approximate surface area is 125 Å². The van der Waals surface area contributed by atoms with Gasteiger partial charge in [-0.05, 0) is 31.0 Å². The Kier molecular flexibility index (Phi) is 5.37. The van der Waals surface area contributed by atoms with Gasteiger partial charge in [0, 0.05) is 25.8 Å². The minimum absolute atomic E-state index is 0.0258. The molecule has 1 aliphatic heterocycles. The summed E-state index contributed by atoms with van der Waals surface area (Å²) in [5.74, 6) is 5.22. The van der Waals surface area contributed by atoms with Gasteiger partial charge in [-0.3, -0.25) is 0 Å². The Morgan fingerprint density at radius 1 is 1.48 bits per heavy atom. The second-order valence-electron chi connectivity index (χ2n) is 4.91. The van der Waals surface area contributed by atoms with E-state index in [1.54, 1.807) is 25.2 Å². The van der Waals surface area contributed by atoms with Crippen LogP contribution in [0, 0.1) is 11.8 Å². The molecule has 6 heteroatoms. The van der Waals surface area contributed by atoms with Crippen LogP contribution in [-0.2, 0) is 14.8 Å². The first kappa shape index (κ1) is 16.0. The molecule has 1 N–H and O–H groups in total. The van der Waals surface area contributed by atoms with Gasteiger partial charge in [0.1, 0.15) is 6.61 Å². The summed E-state index contributed by atoms with van der Waals surface area (Å²) < 4.78 is 31.8. The first-order valence-corrected chi connectivity index (χ1v) is 8.26. The fourth-order valence-electron chi connectivity index (χ4n) is 2.23. The summed E-state index contributed by atoms with van der Waals surface area (Å²) in [6.45, 7) is 0.801. The lowest BCUT2D eigenvalue weighted by Crippen LogP contribution is -2.34. The third-order valence-corrected chi connectivity index (χ3v) is 5.16. The average Bonchev–Trinajstić information content (AvgIpc) is 2.98. The van der Waals surface area contributed by atoms with Crippen LogP contribution < -0.4 is 0 Å². The zero-order valence-corrected chi connectivity index (χ0v) is 12.8. The maximum atomic E-state index is 12.5. The monoisotopic (exact) mass is 309 g/mol. The smallest absolute Gasteiger partial charge is 0.242 e. The molecule has 1 unspecified atom stereocenters. The minimum atomic E-state index is -3.55. The van der Waals surface area contributed by atoms with Crippen molar-refractivity contribution in [1.29, 1.82) is 0 Å². The average molecular weight is 309 g/mol. The van der Waals surface area contributed by atoms with Crippen molar-refractivity contribution in [2.75, 3.05) is 26.8 Å². The lowest BCUT2D eigenvalue weighted by Gasteiger charge is -2.20. The highest BCUT2D eigenvalue weighted by molar-refractivity contribution is 7.89. The number of nitrogens with zero attached hydrogens (tertiary/aromatic N) is 1. The molecular formula is C15H19NO4S. The van der Waals surface area contributed by atoms with Gasteiger partial charge in [0.05, 0.1) is 11.0 Å². The molecule has 0 amide bonds. The fourth-order valence-corrected chi connectivity index (χ4v) is 3.48. The molecule has 1 fully saturated rings. The van der Waals surface area contributed by atoms with E-state index >= 15 is 0 Å². The van der Waals surface area contributed by atoms with E-state index in [0.717, 1.165) is 12.8 Å². The Bertz CT molecular complexity index is 639. The van der Waals surface area contributed by atoms with Crippen LogP contribution in [0.4, 0.5) is 0 Å². The Balaban J connectivity index is 2.17. The third kappa shape index (κ3) is 4.05. The summed E-state index contributed by atoms with van der Waals surface area (Å²) in [5, 5.41) is 8.69. The van der Waals surface area contributed by atoms with E-state index in [1.807, 2.05) is 0 Å². The van der Waals surface area contributed by atoms with Gasteiger partial charge in [-0.25, -0.2) is 8.42 Å². The zero-order chi connectivity index (χ0) is 15.3. The molecule has 0 bridgehead atoms. The van der Waals surface area contributed by atoms with E-state index in [9.17, 15) is 8.42 Å². The van der Waals surface area contributed by atoms with E-state index in [0.29, 0.717) is 18.7 Å². The maximum absolute atomic E-state index is 12.5. The summed E-state index contributed by atoms with van der Waals surface area (Å²) in [4.78, 5) is 0.202. The van der Waals surface area contributed by atoms with Crippen molar-refractivity contribution in [3.63, 3.8) is 0 Å². The lowest BCUT2D eigenvalue weighted by molar-refractivity contribution is 0.0979. The highest BCUT2D eigenvalue weighted by atomic mass is 32.2. The van der Waals surface area contributed by atoms with E-state index in [-0.39, 0.29) is 17.6 Å². The first-order chi connectivity index (χ1) is 10.0. The van der Waals surface area contributed by atoms with Crippen molar-refractivity contribution >= 4 is 10.0 Å². The highest BCUT2D eigenvalue weighted by Crippen LogP contribution is 2.19. The topological polar surface area (TPSA) is 66.8 Å². The van der Waals surface area contributed by atoms with Gasteiger partial charge >= 0.3 is 0 Å². The van der Waals surface area contributed by atoms with E-state index in [1.165, 1.54) is 10.4 Å². The molecule has 1 saturated heterocycles. The van der Waals surface area contributed by atoms with Crippen molar-refractivity contribution in [3.8, 4) is 11.8 Å². The van der Waals surface area contributed by atoms with Crippen LogP contribution >= 0.6 is 0 Å². The summed E-state index contributed by atoms with van der Waals surface area (Å²) in [5.41, 5.74) is 0.565. The molecular weight excluding hydrogens is 290 g/mol. The molecule has 1 atom stereocenters. The Hall–Kier alpha value is -1.39. The number of ether oxygens (including phenoxy) is 1. The number of aliphatic hydroxyl groups excluding tert-OH is 1. The SMILES string of the molecule is CN(CC1CCCO1)S(=O)(=O)c1cccc(C#CCO)c1. The summed E-state index contributed by atoms with van der Waals surface area (Å²) in [6.07, 6.45) is 1.84. The van der Waals surface area contributed by atoms with Crippen molar-refractivity contribution in [3.05, 3.63) is 29.8 Å². The van der Waals surface area contributed by atoms with Crippen molar-refractivity contribution in [2.45, 2.75) is 23.8 Å². The van der Waals surface area contributed by atoms with Crippen molar-refractivity contribution in [2.24, 2.45) is 0 Å². The van der Waals surface area contributed by atoms with Gasteiger partial charge in [0.2, 0.25) is 10.0 Å². The summed E-state index contributed by atoms with van der Waals surface area (Å²) >= 11 is 0. The molecule has 5 nitrogen and oxygen atoms in total. The van der Waals surface area contributed by atoms with Gasteiger partial charge in [-0.1, -0.05) is 17.9 Å². The number of aliphatic hydroxyl groups is 1. The van der Waals surface area contributed by atoms with Crippen LogP contribution in [0.2, 0.25) is 0 Å². The number of sulfonamides is 1. The van der Waals surface area contributed by atoms with Crippen LogP contribution in [0.5, 0.6) is 0 Å². The largest absolute Gasteiger partial charge is 0.384 e. The standard InChI is InChI=1S/C15H19NO4S/c1-16(12-14-7-4-10-20-14)21(18,19)15-8-2-5-13(11-15)6-3-9-17/h2,5,8,11,14,17H,4,7,9-10,12H2,1H3. The van der Waals surface area contributed by atoms with E-state index in [4.69, 9.17) is 9.84 Å². The first-order valence-electron chi connectivity index (χ1n) is 6.82. The molecule has 0 spiro atoms. The predicted molar refractivity (Wildman–Crippen MR) is 79.2 cm³/mol. The lowest BCUT2D eigenvalue weighted by atomic mass is 10.2. The highest BCUT2D eigenvalue weighted by Gasteiger charge is 2.26. The van der Waals surface area contributed by atoms with E-state index < -0.39 is 10.0 Å². The quantitative estimate of drug-likeness (QED) is 0.837. The molecule has 1 aliphatic rings. The summed E-state index contributed by atoms with van der Waals surface area (Å²) in [6, 6.07) is 6.42. The second kappa shape index (κ2) is 7.05. The minimum Gasteiger partial charge on any atom is -0.384 e. The molecule has 0 saturated carbocycles. The van der Waals surface area contributed by atoms with Crippen LogP contribution in [0.1, 0.15) is 18.4 Å². The summed E-state index contributed by atoms with van der Waals surface area (Å²) in [7, 11) is -1.99. The number of likely N-dealkylation sites (N-methyl/N-ethyl adjacent to an activating group) is 1. The molecule has 1 aromatic rings. The molecule has 21 heavy (non-hydrogen) atoms. The third-order valence-electron chi connectivity index (χ3n) is 3.34. The number of rotatable bonds is 4. The van der Waals surface area contributed by atoms with Gasteiger partial charge < -0.3 is 9.84 Å². The van der Waals surface area contributed by atoms with Crippen LogP contribution in [-0.4, -0.2) is 50.7 Å². The normalized spacial score (nSPS) is 18.5. The number of hydrogen-bond donors (Lipinski definition) is 1.